The van der Waals surface area contributed by atoms with Gasteiger partial charge in [-0.3, -0.25) is 4.79 Å². The van der Waals surface area contributed by atoms with E-state index in [9.17, 15) is 4.79 Å². The van der Waals surface area contributed by atoms with Crippen molar-refractivity contribution in [1.82, 2.24) is 4.90 Å². The summed E-state index contributed by atoms with van der Waals surface area (Å²) in [6, 6.07) is 17.8. The Hall–Kier alpha value is -3.41. The molecule has 5 nitrogen and oxygen atoms in total. The number of carbonyl (C=O) groups is 1. The van der Waals surface area contributed by atoms with Crippen LogP contribution in [-0.4, -0.2) is 57.2 Å². The van der Waals surface area contributed by atoms with Crippen LogP contribution < -0.4 is 9.47 Å². The maximum atomic E-state index is 14.0. The molecule has 0 amide bonds. The first kappa shape index (κ1) is 25.2. The minimum atomic E-state index is 0.0131. The Morgan fingerprint density at radius 1 is 0.919 bits per heavy atom. The zero-order valence-corrected chi connectivity index (χ0v) is 21.7. The molecule has 1 aliphatic heterocycles. The van der Waals surface area contributed by atoms with Crippen molar-refractivity contribution in [1.29, 1.82) is 0 Å². The number of allylic oxidation sites excluding steroid dienone is 2. The molecule has 0 saturated carbocycles. The van der Waals surface area contributed by atoms with Crippen molar-refractivity contribution in [2.75, 3.05) is 40.5 Å². The monoisotopic (exact) mass is 497 g/mol. The molecule has 5 heteroatoms. The number of hydrogen-bond acceptors (Lipinski definition) is 5. The Bertz CT molecular complexity index is 1300. The molecular formula is C32H35NO4. The molecule has 0 bridgehead atoms. The molecule has 3 aromatic rings. The van der Waals surface area contributed by atoms with Crippen molar-refractivity contribution in [3.05, 3.63) is 84.0 Å². The highest BCUT2D eigenvalue weighted by Gasteiger charge is 2.22. The van der Waals surface area contributed by atoms with Gasteiger partial charge in [-0.05, 0) is 84.6 Å². The van der Waals surface area contributed by atoms with Gasteiger partial charge >= 0.3 is 0 Å². The van der Waals surface area contributed by atoms with Gasteiger partial charge < -0.3 is 19.1 Å². The molecule has 0 aromatic heterocycles. The number of piperidine rings is 1. The smallest absolute Gasteiger partial charge is 0.193 e. The first-order valence-corrected chi connectivity index (χ1v) is 13.2. The first-order valence-electron chi connectivity index (χ1n) is 13.2. The molecule has 0 N–H and O–H groups in total. The molecule has 1 fully saturated rings. The van der Waals surface area contributed by atoms with E-state index in [0.29, 0.717) is 17.6 Å². The van der Waals surface area contributed by atoms with Gasteiger partial charge in [-0.1, -0.05) is 48.9 Å². The lowest BCUT2D eigenvalue weighted by Gasteiger charge is -2.27. The quantitative estimate of drug-likeness (QED) is 0.317. The number of ketones is 1. The van der Waals surface area contributed by atoms with Gasteiger partial charge in [0.15, 0.2) is 5.78 Å². The summed E-state index contributed by atoms with van der Waals surface area (Å²) in [6.45, 7) is 4.05. The third-order valence-electron chi connectivity index (χ3n) is 7.37. The van der Waals surface area contributed by atoms with Crippen LogP contribution in [0.15, 0.2) is 78.4 Å². The number of fused-ring (bicyclic) bond motifs is 1. The summed E-state index contributed by atoms with van der Waals surface area (Å²) in [5.74, 6) is 1.57. The second-order valence-electron chi connectivity index (χ2n) is 9.70. The summed E-state index contributed by atoms with van der Waals surface area (Å²) >= 11 is 0. The number of carbonyl (C=O) groups excluding carboxylic acids is 1. The highest BCUT2D eigenvalue weighted by Crippen LogP contribution is 2.35. The van der Waals surface area contributed by atoms with E-state index in [1.54, 1.807) is 14.2 Å². The lowest BCUT2D eigenvalue weighted by Crippen LogP contribution is -2.33. The summed E-state index contributed by atoms with van der Waals surface area (Å²) in [5.41, 5.74) is 3.28. The van der Waals surface area contributed by atoms with E-state index in [-0.39, 0.29) is 11.9 Å². The van der Waals surface area contributed by atoms with Crippen molar-refractivity contribution < 1.29 is 19.0 Å². The van der Waals surface area contributed by atoms with E-state index < -0.39 is 0 Å². The number of rotatable bonds is 9. The first-order chi connectivity index (χ1) is 18.2. The van der Waals surface area contributed by atoms with Gasteiger partial charge in [0.1, 0.15) is 11.5 Å². The van der Waals surface area contributed by atoms with Crippen LogP contribution in [0.3, 0.4) is 0 Å². The molecule has 5 rings (SSSR count). The maximum absolute atomic E-state index is 14.0. The maximum Gasteiger partial charge on any atom is 0.193 e. The summed E-state index contributed by atoms with van der Waals surface area (Å²) in [7, 11) is 3.31. The number of ether oxygens (including phenoxy) is 3. The second kappa shape index (κ2) is 11.8. The minimum Gasteiger partial charge on any atom is -0.497 e. The van der Waals surface area contributed by atoms with E-state index in [0.717, 1.165) is 46.6 Å². The molecule has 1 aliphatic carbocycles. The van der Waals surface area contributed by atoms with Crippen LogP contribution in [0.1, 0.15) is 36.0 Å². The summed E-state index contributed by atoms with van der Waals surface area (Å²) in [6.07, 6.45) is 10.6. The van der Waals surface area contributed by atoms with E-state index >= 15 is 0 Å². The highest BCUT2D eigenvalue weighted by molar-refractivity contribution is 6.21. The zero-order chi connectivity index (χ0) is 25.6. The van der Waals surface area contributed by atoms with Crippen LogP contribution in [0.25, 0.3) is 21.9 Å². The Labute approximate surface area is 219 Å². The molecular weight excluding hydrogens is 462 g/mol. The number of nitrogens with zero attached hydrogens (tertiary/aromatic N) is 1. The van der Waals surface area contributed by atoms with Crippen molar-refractivity contribution in [2.24, 2.45) is 0 Å². The number of likely N-dealkylation sites (tertiary alicyclic amines) is 1. The fraction of sp³-hybridized carbons (Fsp3) is 0.344. The van der Waals surface area contributed by atoms with E-state index in [1.807, 2.05) is 72.8 Å². The lowest BCUT2D eigenvalue weighted by atomic mass is 9.87. The molecule has 0 radical (unpaired) electrons. The normalized spacial score (nSPS) is 18.0. The SMILES string of the molecule is COc1ccc(-c2ccc3cc(OC)ccc3c2C(=O)C2=CCC(OCCN3CCCCC3)C=C2)cc1. The molecule has 1 saturated heterocycles. The minimum absolute atomic E-state index is 0.0131. The Kier molecular flexibility index (Phi) is 8.02. The van der Waals surface area contributed by atoms with E-state index in [2.05, 4.69) is 4.90 Å². The largest absolute Gasteiger partial charge is 0.497 e. The summed E-state index contributed by atoms with van der Waals surface area (Å²) in [4.78, 5) is 16.5. The fourth-order valence-corrected chi connectivity index (χ4v) is 5.24. The number of benzene rings is 3. The van der Waals surface area contributed by atoms with Gasteiger partial charge in [0.2, 0.25) is 0 Å². The molecule has 2 aliphatic rings. The van der Waals surface area contributed by atoms with Crippen LogP contribution >= 0.6 is 0 Å². The number of Topliss-reactive ketones (excluding diaryl/α,β-unsaturated/α-hetero) is 1. The third-order valence-corrected chi connectivity index (χ3v) is 7.37. The molecule has 3 aromatic carbocycles. The fourth-order valence-electron chi connectivity index (χ4n) is 5.24. The predicted octanol–water partition coefficient (Wildman–Crippen LogP) is 6.46. The zero-order valence-electron chi connectivity index (χ0n) is 21.7. The topological polar surface area (TPSA) is 48.0 Å². The van der Waals surface area contributed by atoms with Crippen LogP contribution in [0.5, 0.6) is 11.5 Å². The molecule has 1 atom stereocenters. The lowest BCUT2D eigenvalue weighted by molar-refractivity contribution is 0.0609. The van der Waals surface area contributed by atoms with Gasteiger partial charge in [-0.25, -0.2) is 0 Å². The van der Waals surface area contributed by atoms with Crippen molar-refractivity contribution in [2.45, 2.75) is 31.8 Å². The highest BCUT2D eigenvalue weighted by atomic mass is 16.5. The van der Waals surface area contributed by atoms with Crippen molar-refractivity contribution in [3.8, 4) is 22.6 Å². The van der Waals surface area contributed by atoms with Crippen molar-refractivity contribution >= 4 is 16.6 Å². The van der Waals surface area contributed by atoms with Crippen LogP contribution in [0.4, 0.5) is 0 Å². The molecule has 192 valence electrons. The van der Waals surface area contributed by atoms with Gasteiger partial charge in [-0.15, -0.1) is 0 Å². The van der Waals surface area contributed by atoms with Crippen LogP contribution in [-0.2, 0) is 4.74 Å². The van der Waals surface area contributed by atoms with E-state index in [1.165, 1.54) is 32.4 Å². The number of hydrogen-bond donors (Lipinski definition) is 0. The van der Waals surface area contributed by atoms with Gasteiger partial charge in [-0.2, -0.15) is 0 Å². The Morgan fingerprint density at radius 2 is 1.68 bits per heavy atom. The Morgan fingerprint density at radius 3 is 2.38 bits per heavy atom. The van der Waals surface area contributed by atoms with Crippen molar-refractivity contribution in [3.63, 3.8) is 0 Å². The average Bonchev–Trinajstić information content (AvgIpc) is 2.97. The van der Waals surface area contributed by atoms with Gasteiger partial charge in [0.25, 0.3) is 0 Å². The van der Waals surface area contributed by atoms with Gasteiger partial charge in [0, 0.05) is 17.7 Å². The predicted molar refractivity (Wildman–Crippen MR) is 149 cm³/mol. The standard InChI is InChI=1S/C32H35NO4/c1-35-26-11-6-23(7-12-26)29-16-10-25-22-28(36-2)15-17-30(25)31(29)32(34)24-8-13-27(14-9-24)37-21-20-33-18-4-3-5-19-33/h6-13,15-17,22,27H,3-5,14,18-21H2,1-2H3. The second-order valence-corrected chi connectivity index (χ2v) is 9.70. The summed E-state index contributed by atoms with van der Waals surface area (Å²) < 4.78 is 16.9. The molecule has 0 spiro atoms. The molecule has 1 unspecified atom stereocenters. The van der Waals surface area contributed by atoms with Crippen LogP contribution in [0.2, 0.25) is 0 Å². The number of methoxy groups -OCH3 is 2. The van der Waals surface area contributed by atoms with Crippen LogP contribution in [0, 0.1) is 0 Å². The summed E-state index contributed by atoms with van der Waals surface area (Å²) in [5, 5.41) is 1.88. The molecule has 1 heterocycles. The molecule has 37 heavy (non-hydrogen) atoms. The van der Waals surface area contributed by atoms with E-state index in [4.69, 9.17) is 14.2 Å². The average molecular weight is 498 g/mol. The Balaban J connectivity index is 1.38. The van der Waals surface area contributed by atoms with Gasteiger partial charge in [0.05, 0.1) is 26.9 Å². The third kappa shape index (κ3) is 5.79.